The van der Waals surface area contributed by atoms with Gasteiger partial charge in [0.2, 0.25) is 0 Å². The summed E-state index contributed by atoms with van der Waals surface area (Å²) >= 11 is 0. The van der Waals surface area contributed by atoms with Gasteiger partial charge in [-0.1, -0.05) is 26.7 Å². The molecule has 4 nitrogen and oxygen atoms in total. The molecule has 0 aromatic carbocycles. The molecule has 0 aromatic rings. The molecule has 17 heavy (non-hydrogen) atoms. The first-order chi connectivity index (χ1) is 7.90. The van der Waals surface area contributed by atoms with Crippen LogP contribution in [0.2, 0.25) is 0 Å². The Labute approximate surface area is 102 Å². The molecule has 0 atom stereocenters. The number of carboxylic acids is 2. The van der Waals surface area contributed by atoms with E-state index in [-0.39, 0.29) is 11.8 Å². The zero-order valence-corrected chi connectivity index (χ0v) is 10.7. The standard InChI is InChI=1S/C13H22O4/c1-3-12(4-2)5-7-13(8-6-12,11(16)17)9-10(14)15/h3-9H2,1-2H3,(H,14,15)(H,16,17). The number of hydrogen-bond acceptors (Lipinski definition) is 2. The second-order valence-electron chi connectivity index (χ2n) is 5.36. The number of rotatable bonds is 5. The number of aliphatic carboxylic acids is 2. The van der Waals surface area contributed by atoms with Crippen LogP contribution < -0.4 is 0 Å². The summed E-state index contributed by atoms with van der Waals surface area (Å²) < 4.78 is 0. The number of carbonyl (C=O) groups is 2. The Hall–Kier alpha value is -1.06. The van der Waals surface area contributed by atoms with Gasteiger partial charge in [0.25, 0.3) is 0 Å². The quantitative estimate of drug-likeness (QED) is 0.777. The monoisotopic (exact) mass is 242 g/mol. The fourth-order valence-corrected chi connectivity index (χ4v) is 2.97. The van der Waals surface area contributed by atoms with Gasteiger partial charge in [-0.2, -0.15) is 0 Å². The van der Waals surface area contributed by atoms with Gasteiger partial charge in [0.15, 0.2) is 0 Å². The summed E-state index contributed by atoms with van der Waals surface area (Å²) in [5.74, 6) is -1.95. The van der Waals surface area contributed by atoms with Gasteiger partial charge in [-0.25, -0.2) is 0 Å². The molecule has 0 amide bonds. The maximum Gasteiger partial charge on any atom is 0.310 e. The van der Waals surface area contributed by atoms with Crippen molar-refractivity contribution in [3.05, 3.63) is 0 Å². The van der Waals surface area contributed by atoms with Crippen LogP contribution >= 0.6 is 0 Å². The highest BCUT2D eigenvalue weighted by atomic mass is 16.4. The molecule has 1 rings (SSSR count). The van der Waals surface area contributed by atoms with Gasteiger partial charge in [0.05, 0.1) is 11.8 Å². The lowest BCUT2D eigenvalue weighted by atomic mass is 9.60. The van der Waals surface area contributed by atoms with E-state index >= 15 is 0 Å². The lowest BCUT2D eigenvalue weighted by molar-refractivity contribution is -0.159. The highest BCUT2D eigenvalue weighted by molar-refractivity contribution is 5.81. The van der Waals surface area contributed by atoms with E-state index in [2.05, 4.69) is 13.8 Å². The molecular formula is C13H22O4. The van der Waals surface area contributed by atoms with Crippen LogP contribution in [-0.4, -0.2) is 22.2 Å². The lowest BCUT2D eigenvalue weighted by Gasteiger charge is -2.43. The third kappa shape index (κ3) is 2.79. The highest BCUT2D eigenvalue weighted by Gasteiger charge is 2.47. The van der Waals surface area contributed by atoms with Crippen LogP contribution in [0, 0.1) is 10.8 Å². The zero-order chi connectivity index (χ0) is 13.1. The summed E-state index contributed by atoms with van der Waals surface area (Å²) in [6, 6.07) is 0. The second-order valence-corrected chi connectivity index (χ2v) is 5.36. The summed E-state index contributed by atoms with van der Waals surface area (Å²) in [5.41, 5.74) is -0.795. The van der Waals surface area contributed by atoms with Crippen molar-refractivity contribution in [1.29, 1.82) is 0 Å². The van der Waals surface area contributed by atoms with Crippen molar-refractivity contribution in [2.24, 2.45) is 10.8 Å². The van der Waals surface area contributed by atoms with Crippen molar-refractivity contribution in [3.63, 3.8) is 0 Å². The predicted octanol–water partition coefficient (Wildman–Crippen LogP) is 2.91. The Morgan fingerprint density at radius 3 is 1.76 bits per heavy atom. The van der Waals surface area contributed by atoms with E-state index in [4.69, 9.17) is 5.11 Å². The molecular weight excluding hydrogens is 220 g/mol. The van der Waals surface area contributed by atoms with E-state index in [0.717, 1.165) is 25.7 Å². The molecule has 1 aliphatic carbocycles. The minimum absolute atomic E-state index is 0.234. The smallest absolute Gasteiger partial charge is 0.310 e. The van der Waals surface area contributed by atoms with E-state index in [9.17, 15) is 14.7 Å². The van der Waals surface area contributed by atoms with Crippen LogP contribution in [0.5, 0.6) is 0 Å². The van der Waals surface area contributed by atoms with Gasteiger partial charge in [0, 0.05) is 0 Å². The highest BCUT2D eigenvalue weighted by Crippen LogP contribution is 2.50. The fourth-order valence-electron chi connectivity index (χ4n) is 2.97. The minimum atomic E-state index is -1.03. The second kappa shape index (κ2) is 5.07. The van der Waals surface area contributed by atoms with Crippen LogP contribution in [-0.2, 0) is 9.59 Å². The molecule has 0 unspecified atom stereocenters. The normalized spacial score (nSPS) is 22.0. The third-order valence-electron chi connectivity index (χ3n) is 4.71. The molecule has 98 valence electrons. The minimum Gasteiger partial charge on any atom is -0.481 e. The molecule has 0 radical (unpaired) electrons. The summed E-state index contributed by atoms with van der Waals surface area (Å²) in [5, 5.41) is 18.2. The third-order valence-corrected chi connectivity index (χ3v) is 4.71. The SMILES string of the molecule is CCC1(CC)CCC(CC(=O)O)(C(=O)O)CC1. The maximum absolute atomic E-state index is 11.3. The Kier molecular flexibility index (Phi) is 4.17. The van der Waals surface area contributed by atoms with Crippen molar-refractivity contribution < 1.29 is 19.8 Å². The van der Waals surface area contributed by atoms with Crippen molar-refractivity contribution in [3.8, 4) is 0 Å². The Morgan fingerprint density at radius 1 is 1.00 bits per heavy atom. The molecule has 0 bridgehead atoms. The molecule has 1 fully saturated rings. The van der Waals surface area contributed by atoms with Gasteiger partial charge < -0.3 is 10.2 Å². The molecule has 0 saturated heterocycles. The molecule has 4 heteroatoms. The van der Waals surface area contributed by atoms with Crippen molar-refractivity contribution in [2.75, 3.05) is 0 Å². The largest absolute Gasteiger partial charge is 0.481 e. The Balaban J connectivity index is 2.80. The van der Waals surface area contributed by atoms with Gasteiger partial charge >= 0.3 is 11.9 Å². The first kappa shape index (κ1) is 14.0. The summed E-state index contributed by atoms with van der Waals surface area (Å²) in [6.07, 6.45) is 4.51. The number of hydrogen-bond donors (Lipinski definition) is 2. The summed E-state index contributed by atoms with van der Waals surface area (Å²) in [6.45, 7) is 4.27. The van der Waals surface area contributed by atoms with Crippen LogP contribution in [0.25, 0.3) is 0 Å². The van der Waals surface area contributed by atoms with Crippen LogP contribution in [0.4, 0.5) is 0 Å². The first-order valence-electron chi connectivity index (χ1n) is 6.35. The predicted molar refractivity (Wildman–Crippen MR) is 63.8 cm³/mol. The average Bonchev–Trinajstić information content (AvgIpc) is 2.29. The molecule has 1 aliphatic rings. The molecule has 0 spiro atoms. The van der Waals surface area contributed by atoms with E-state index in [1.54, 1.807) is 0 Å². The molecule has 0 aromatic heterocycles. The number of carboxylic acid groups (broad SMARTS) is 2. The van der Waals surface area contributed by atoms with Crippen molar-refractivity contribution in [1.82, 2.24) is 0 Å². The fraction of sp³-hybridized carbons (Fsp3) is 0.846. The summed E-state index contributed by atoms with van der Waals surface area (Å²) in [7, 11) is 0. The molecule has 0 heterocycles. The Bertz CT molecular complexity index is 295. The summed E-state index contributed by atoms with van der Waals surface area (Å²) in [4.78, 5) is 22.2. The van der Waals surface area contributed by atoms with Crippen LogP contribution in [0.15, 0.2) is 0 Å². The Morgan fingerprint density at radius 2 is 1.47 bits per heavy atom. The van der Waals surface area contributed by atoms with E-state index in [0.29, 0.717) is 12.8 Å². The molecule has 0 aliphatic heterocycles. The topological polar surface area (TPSA) is 74.6 Å². The first-order valence-corrected chi connectivity index (χ1v) is 6.35. The van der Waals surface area contributed by atoms with Gasteiger partial charge in [-0.05, 0) is 31.1 Å². The maximum atomic E-state index is 11.3. The zero-order valence-electron chi connectivity index (χ0n) is 10.7. The van der Waals surface area contributed by atoms with E-state index in [1.165, 1.54) is 0 Å². The van der Waals surface area contributed by atoms with E-state index in [1.807, 2.05) is 0 Å². The van der Waals surface area contributed by atoms with Crippen molar-refractivity contribution >= 4 is 11.9 Å². The van der Waals surface area contributed by atoms with Gasteiger partial charge in [-0.15, -0.1) is 0 Å². The van der Waals surface area contributed by atoms with E-state index < -0.39 is 17.4 Å². The van der Waals surface area contributed by atoms with Gasteiger partial charge in [0.1, 0.15) is 0 Å². The van der Waals surface area contributed by atoms with Gasteiger partial charge in [-0.3, -0.25) is 9.59 Å². The van der Waals surface area contributed by atoms with Crippen LogP contribution in [0.1, 0.15) is 58.8 Å². The van der Waals surface area contributed by atoms with Crippen molar-refractivity contribution in [2.45, 2.75) is 58.8 Å². The molecule has 2 N–H and O–H groups in total. The lowest BCUT2D eigenvalue weighted by Crippen LogP contribution is -2.40. The van der Waals surface area contributed by atoms with Crippen LogP contribution in [0.3, 0.4) is 0 Å². The average molecular weight is 242 g/mol. The molecule has 1 saturated carbocycles.